The molecule has 1 unspecified atom stereocenters. The highest BCUT2D eigenvalue weighted by Gasteiger charge is 2.27. The van der Waals surface area contributed by atoms with Gasteiger partial charge in [-0.1, -0.05) is 36.4 Å². The van der Waals surface area contributed by atoms with Crippen LogP contribution in [0.5, 0.6) is 5.75 Å². The summed E-state index contributed by atoms with van der Waals surface area (Å²) in [6, 6.07) is 17.3. The molecule has 4 heteroatoms. The predicted molar refractivity (Wildman–Crippen MR) is 96.2 cm³/mol. The van der Waals surface area contributed by atoms with Crippen LogP contribution in [0.4, 0.5) is 0 Å². The third-order valence-corrected chi connectivity index (χ3v) is 4.81. The van der Waals surface area contributed by atoms with Gasteiger partial charge in [-0.25, -0.2) is 0 Å². The van der Waals surface area contributed by atoms with Crippen LogP contribution in [0.15, 0.2) is 53.6 Å². The third-order valence-electron chi connectivity index (χ3n) is 4.81. The molecule has 2 heterocycles. The van der Waals surface area contributed by atoms with E-state index in [0.29, 0.717) is 6.04 Å². The lowest BCUT2D eigenvalue weighted by atomic mass is 9.95. The van der Waals surface area contributed by atoms with Gasteiger partial charge in [0.05, 0.1) is 32.0 Å². The largest absolute Gasteiger partial charge is 0.497 e. The first-order chi connectivity index (χ1) is 11.8. The molecule has 1 saturated heterocycles. The molecule has 0 amide bonds. The van der Waals surface area contributed by atoms with E-state index in [9.17, 15) is 0 Å². The van der Waals surface area contributed by atoms with Gasteiger partial charge < -0.3 is 10.1 Å². The Morgan fingerprint density at radius 1 is 1.17 bits per heavy atom. The second-order valence-electron chi connectivity index (χ2n) is 6.46. The second kappa shape index (κ2) is 6.65. The normalized spacial score (nSPS) is 19.8. The van der Waals surface area contributed by atoms with Crippen molar-refractivity contribution in [2.24, 2.45) is 5.10 Å². The maximum absolute atomic E-state index is 5.24. The molecular weight excluding hydrogens is 298 g/mol. The van der Waals surface area contributed by atoms with Crippen molar-refractivity contribution in [3.63, 3.8) is 0 Å². The number of nitrogens with zero attached hydrogens (tertiary/aromatic N) is 2. The number of hydrogen-bond donors (Lipinski definition) is 1. The molecule has 2 aromatic rings. The van der Waals surface area contributed by atoms with E-state index < -0.39 is 0 Å². The van der Waals surface area contributed by atoms with Crippen LogP contribution in [0.25, 0.3) is 0 Å². The van der Waals surface area contributed by atoms with Gasteiger partial charge in [-0.3, -0.25) is 5.01 Å². The molecule has 2 aromatic carbocycles. The molecule has 1 N–H and O–H groups in total. The quantitative estimate of drug-likeness (QED) is 0.940. The molecule has 0 aliphatic carbocycles. The number of fused-ring (bicyclic) bond motifs is 1. The molecule has 0 aromatic heterocycles. The lowest BCUT2D eigenvalue weighted by Crippen LogP contribution is -2.37. The van der Waals surface area contributed by atoms with Crippen molar-refractivity contribution >= 4 is 5.71 Å². The van der Waals surface area contributed by atoms with Crippen molar-refractivity contribution in [3.05, 3.63) is 65.2 Å². The fourth-order valence-corrected chi connectivity index (χ4v) is 3.55. The van der Waals surface area contributed by atoms with Crippen molar-refractivity contribution in [2.45, 2.75) is 32.0 Å². The Morgan fingerprint density at radius 2 is 2.00 bits per heavy atom. The molecule has 1 atom stereocenters. The summed E-state index contributed by atoms with van der Waals surface area (Å²) in [7, 11) is 1.70. The highest BCUT2D eigenvalue weighted by atomic mass is 16.5. The van der Waals surface area contributed by atoms with E-state index in [1.807, 2.05) is 12.1 Å². The Morgan fingerprint density at radius 3 is 2.75 bits per heavy atom. The van der Waals surface area contributed by atoms with Gasteiger partial charge in [-0.2, -0.15) is 5.10 Å². The number of nitrogens with one attached hydrogen (secondary N) is 1. The van der Waals surface area contributed by atoms with Crippen molar-refractivity contribution in [2.75, 3.05) is 13.7 Å². The van der Waals surface area contributed by atoms with Gasteiger partial charge in [0, 0.05) is 5.56 Å². The van der Waals surface area contributed by atoms with Gasteiger partial charge >= 0.3 is 0 Å². The van der Waals surface area contributed by atoms with E-state index in [1.165, 1.54) is 35.2 Å². The maximum Gasteiger partial charge on any atom is 0.118 e. The van der Waals surface area contributed by atoms with E-state index >= 15 is 0 Å². The van der Waals surface area contributed by atoms with Crippen LogP contribution in [0.2, 0.25) is 0 Å². The molecule has 24 heavy (non-hydrogen) atoms. The van der Waals surface area contributed by atoms with Gasteiger partial charge in [0.1, 0.15) is 5.75 Å². The summed E-state index contributed by atoms with van der Waals surface area (Å²) in [6.07, 6.45) is 2.40. The Labute approximate surface area is 143 Å². The van der Waals surface area contributed by atoms with Crippen molar-refractivity contribution < 1.29 is 4.74 Å². The van der Waals surface area contributed by atoms with Crippen LogP contribution >= 0.6 is 0 Å². The van der Waals surface area contributed by atoms with Crippen LogP contribution in [0, 0.1) is 0 Å². The van der Waals surface area contributed by atoms with Gasteiger partial charge in [-0.15, -0.1) is 0 Å². The second-order valence-corrected chi connectivity index (χ2v) is 6.46. The summed E-state index contributed by atoms with van der Waals surface area (Å²) in [5.74, 6) is 0.891. The summed E-state index contributed by atoms with van der Waals surface area (Å²) >= 11 is 0. The van der Waals surface area contributed by atoms with E-state index in [1.54, 1.807) is 7.11 Å². The third kappa shape index (κ3) is 3.02. The zero-order chi connectivity index (χ0) is 16.4. The fraction of sp³-hybridized carbons (Fsp3) is 0.350. The van der Waals surface area contributed by atoms with Crippen LogP contribution in [-0.4, -0.2) is 30.4 Å². The Kier molecular flexibility index (Phi) is 4.22. The van der Waals surface area contributed by atoms with Crippen LogP contribution in [0.1, 0.15) is 29.5 Å². The van der Waals surface area contributed by atoms with E-state index in [-0.39, 0.29) is 0 Å². The molecular formula is C20H23N3O. The van der Waals surface area contributed by atoms with Crippen molar-refractivity contribution in [3.8, 4) is 5.75 Å². The number of methoxy groups -OCH3 is 1. The average molecular weight is 321 g/mol. The van der Waals surface area contributed by atoms with Gasteiger partial charge in [0.15, 0.2) is 0 Å². The molecule has 0 saturated carbocycles. The number of hydrazone groups is 1. The zero-order valence-electron chi connectivity index (χ0n) is 14.0. The molecule has 4 rings (SSSR count). The monoisotopic (exact) mass is 321 g/mol. The first-order valence-corrected chi connectivity index (χ1v) is 8.61. The minimum Gasteiger partial charge on any atom is -0.497 e. The van der Waals surface area contributed by atoms with Crippen LogP contribution < -0.4 is 10.1 Å². The Bertz CT molecular complexity index is 733. The zero-order valence-corrected chi connectivity index (χ0v) is 14.0. The summed E-state index contributed by atoms with van der Waals surface area (Å²) < 4.78 is 5.24. The van der Waals surface area contributed by atoms with Crippen molar-refractivity contribution in [1.29, 1.82) is 0 Å². The van der Waals surface area contributed by atoms with Gasteiger partial charge in [0.2, 0.25) is 0 Å². The standard InChI is InChI=1S/C20H23N3O/c1-24-17-10-8-15(9-11-17)13-23-14-16-5-2-3-6-18(16)20(22-23)19-7-4-12-21-19/h2-3,5-6,8-11,19,21H,4,7,12-14H2,1H3. The maximum atomic E-state index is 5.24. The highest BCUT2D eigenvalue weighted by molar-refractivity contribution is 6.06. The Hall–Kier alpha value is -2.33. The summed E-state index contributed by atoms with van der Waals surface area (Å²) in [4.78, 5) is 0. The molecule has 0 bridgehead atoms. The first-order valence-electron chi connectivity index (χ1n) is 8.61. The lowest BCUT2D eigenvalue weighted by molar-refractivity contribution is 0.264. The summed E-state index contributed by atoms with van der Waals surface area (Å²) in [5, 5.41) is 10.8. The molecule has 4 nitrogen and oxygen atoms in total. The first kappa shape index (κ1) is 15.2. The molecule has 0 spiro atoms. The fourth-order valence-electron chi connectivity index (χ4n) is 3.55. The molecule has 2 aliphatic heterocycles. The van der Waals surface area contributed by atoms with Crippen molar-refractivity contribution in [1.82, 2.24) is 10.3 Å². The summed E-state index contributed by atoms with van der Waals surface area (Å²) in [5.41, 5.74) is 5.12. The van der Waals surface area contributed by atoms with E-state index in [4.69, 9.17) is 9.84 Å². The minimum absolute atomic E-state index is 0.379. The van der Waals surface area contributed by atoms with Crippen LogP contribution in [0.3, 0.4) is 0 Å². The average Bonchev–Trinajstić information content (AvgIpc) is 3.16. The van der Waals surface area contributed by atoms with E-state index in [0.717, 1.165) is 25.4 Å². The smallest absolute Gasteiger partial charge is 0.118 e. The molecule has 2 aliphatic rings. The van der Waals surface area contributed by atoms with E-state index in [2.05, 4.69) is 46.7 Å². The Balaban J connectivity index is 1.60. The molecule has 1 fully saturated rings. The highest BCUT2D eigenvalue weighted by Crippen LogP contribution is 2.25. The lowest BCUT2D eigenvalue weighted by Gasteiger charge is -2.30. The number of hydrogen-bond acceptors (Lipinski definition) is 4. The predicted octanol–water partition coefficient (Wildman–Crippen LogP) is 3.17. The molecule has 124 valence electrons. The number of benzene rings is 2. The van der Waals surface area contributed by atoms with Gasteiger partial charge in [-0.05, 0) is 42.6 Å². The number of ether oxygens (including phenoxy) is 1. The minimum atomic E-state index is 0.379. The molecule has 0 radical (unpaired) electrons. The number of rotatable bonds is 4. The van der Waals surface area contributed by atoms with Crippen LogP contribution in [-0.2, 0) is 13.1 Å². The summed E-state index contributed by atoms with van der Waals surface area (Å²) in [6.45, 7) is 2.76. The SMILES string of the molecule is COc1ccc(CN2Cc3ccccc3C(C3CCCN3)=N2)cc1. The van der Waals surface area contributed by atoms with Gasteiger partial charge in [0.25, 0.3) is 0 Å². The topological polar surface area (TPSA) is 36.9 Å².